The molecule has 100 valence electrons. The highest BCUT2D eigenvalue weighted by Gasteiger charge is 2.22. The van der Waals surface area contributed by atoms with Crippen LogP contribution in [0.25, 0.3) is 0 Å². The number of hydrogen-bond donors (Lipinski definition) is 1. The van der Waals surface area contributed by atoms with Crippen LogP contribution in [-0.4, -0.2) is 43.7 Å². The van der Waals surface area contributed by atoms with Crippen LogP contribution in [0.15, 0.2) is 24.3 Å². The lowest BCUT2D eigenvalue weighted by molar-refractivity contribution is 0.142. The molecule has 3 nitrogen and oxygen atoms in total. The molecule has 0 atom stereocenters. The Kier molecular flexibility index (Phi) is 5.29. The van der Waals surface area contributed by atoms with Crippen molar-refractivity contribution in [3.05, 3.63) is 29.3 Å². The maximum Gasteiger partial charge on any atom is 0.119 e. The van der Waals surface area contributed by atoms with E-state index in [2.05, 4.69) is 17.1 Å². The van der Waals surface area contributed by atoms with Crippen LogP contribution < -0.4 is 10.1 Å². The van der Waals surface area contributed by atoms with Gasteiger partial charge in [0.05, 0.1) is 6.61 Å². The summed E-state index contributed by atoms with van der Waals surface area (Å²) in [6, 6.07) is 8.27. The van der Waals surface area contributed by atoms with E-state index in [9.17, 15) is 0 Å². The Bertz CT molecular complexity index is 351. The molecule has 0 aliphatic carbocycles. The zero-order valence-corrected chi connectivity index (χ0v) is 11.6. The second-order valence-corrected chi connectivity index (χ2v) is 5.03. The first-order valence-corrected chi connectivity index (χ1v) is 7.00. The lowest BCUT2D eigenvalue weighted by Gasteiger charge is -2.37. The van der Waals surface area contributed by atoms with Crippen molar-refractivity contribution >= 4 is 11.6 Å². The van der Waals surface area contributed by atoms with E-state index >= 15 is 0 Å². The molecule has 1 fully saturated rings. The molecule has 0 saturated carbocycles. The fourth-order valence-corrected chi connectivity index (χ4v) is 2.24. The first kappa shape index (κ1) is 13.7. The molecule has 1 heterocycles. The second kappa shape index (κ2) is 6.98. The van der Waals surface area contributed by atoms with Gasteiger partial charge < -0.3 is 10.1 Å². The third-order valence-electron chi connectivity index (χ3n) is 3.35. The summed E-state index contributed by atoms with van der Waals surface area (Å²) in [4.78, 5) is 2.52. The van der Waals surface area contributed by atoms with E-state index in [0.29, 0.717) is 0 Å². The molecule has 0 amide bonds. The Labute approximate surface area is 114 Å². The van der Waals surface area contributed by atoms with E-state index in [1.165, 1.54) is 0 Å². The Balaban J connectivity index is 1.64. The molecule has 1 aromatic carbocycles. The molecular formula is C14H21ClN2O. The van der Waals surface area contributed by atoms with E-state index < -0.39 is 0 Å². The summed E-state index contributed by atoms with van der Waals surface area (Å²) in [5, 5.41) is 4.06. The lowest BCUT2D eigenvalue weighted by atomic mass is 10.1. The zero-order chi connectivity index (χ0) is 12.8. The number of likely N-dealkylation sites (N-methyl/N-ethyl adjacent to an activating group) is 1. The van der Waals surface area contributed by atoms with Crippen LogP contribution in [0, 0.1) is 0 Å². The maximum absolute atomic E-state index is 5.82. The monoisotopic (exact) mass is 268 g/mol. The fourth-order valence-electron chi connectivity index (χ4n) is 2.12. The van der Waals surface area contributed by atoms with Crippen molar-refractivity contribution in [2.45, 2.75) is 19.4 Å². The van der Waals surface area contributed by atoms with Crippen molar-refractivity contribution in [2.75, 3.05) is 32.8 Å². The summed E-state index contributed by atoms with van der Waals surface area (Å²) in [5.41, 5.74) is 0. The first-order chi connectivity index (χ1) is 8.79. The van der Waals surface area contributed by atoms with Crippen LogP contribution in [-0.2, 0) is 0 Å². The molecule has 1 N–H and O–H groups in total. The molecule has 0 spiro atoms. The molecule has 2 rings (SSSR count). The highest BCUT2D eigenvalue weighted by atomic mass is 35.5. The van der Waals surface area contributed by atoms with Gasteiger partial charge in [0.15, 0.2) is 0 Å². The van der Waals surface area contributed by atoms with Crippen LogP contribution in [0.1, 0.15) is 13.3 Å². The molecule has 1 aromatic rings. The van der Waals surface area contributed by atoms with E-state index in [0.717, 1.165) is 56.0 Å². The van der Waals surface area contributed by atoms with Crippen molar-refractivity contribution < 1.29 is 4.74 Å². The van der Waals surface area contributed by atoms with Gasteiger partial charge in [-0.15, -0.1) is 0 Å². The predicted molar refractivity (Wildman–Crippen MR) is 75.5 cm³/mol. The Hall–Kier alpha value is -0.770. The molecule has 0 unspecified atom stereocenters. The molecule has 0 bridgehead atoms. The number of nitrogens with one attached hydrogen (secondary N) is 1. The van der Waals surface area contributed by atoms with Gasteiger partial charge in [-0.2, -0.15) is 0 Å². The van der Waals surface area contributed by atoms with Gasteiger partial charge in [-0.1, -0.05) is 18.5 Å². The standard InChI is InChI=1S/C14H21ClN2O/c1-2-17(13-10-16-11-13)8-3-9-18-14-6-4-12(15)5-7-14/h4-7,13,16H,2-3,8-11H2,1H3. The average Bonchev–Trinajstić information content (AvgIpc) is 2.33. The van der Waals surface area contributed by atoms with Gasteiger partial charge in [0.1, 0.15) is 5.75 Å². The Morgan fingerprint density at radius 1 is 1.33 bits per heavy atom. The predicted octanol–water partition coefficient (Wildman–Crippen LogP) is 2.40. The number of benzene rings is 1. The largest absolute Gasteiger partial charge is 0.494 e. The van der Waals surface area contributed by atoms with Crippen molar-refractivity contribution in [2.24, 2.45) is 0 Å². The van der Waals surface area contributed by atoms with Crippen LogP contribution in [0.4, 0.5) is 0 Å². The molecule has 0 aromatic heterocycles. The number of hydrogen-bond acceptors (Lipinski definition) is 3. The van der Waals surface area contributed by atoms with Crippen LogP contribution >= 0.6 is 11.6 Å². The van der Waals surface area contributed by atoms with Crippen molar-refractivity contribution in [3.63, 3.8) is 0 Å². The molecule has 1 saturated heterocycles. The second-order valence-electron chi connectivity index (χ2n) is 4.60. The topological polar surface area (TPSA) is 24.5 Å². The van der Waals surface area contributed by atoms with Gasteiger partial charge >= 0.3 is 0 Å². The highest BCUT2D eigenvalue weighted by Crippen LogP contribution is 2.15. The summed E-state index contributed by atoms with van der Waals surface area (Å²) < 4.78 is 5.69. The van der Waals surface area contributed by atoms with Crippen molar-refractivity contribution in [1.29, 1.82) is 0 Å². The van der Waals surface area contributed by atoms with Gasteiger partial charge in [-0.3, -0.25) is 4.90 Å². The Morgan fingerprint density at radius 2 is 2.06 bits per heavy atom. The summed E-state index contributed by atoms with van der Waals surface area (Å²) in [7, 11) is 0. The quantitative estimate of drug-likeness (QED) is 0.769. The molecule has 0 radical (unpaired) electrons. The van der Waals surface area contributed by atoms with E-state index in [1.54, 1.807) is 0 Å². The van der Waals surface area contributed by atoms with E-state index in [-0.39, 0.29) is 0 Å². The normalized spacial score (nSPS) is 15.7. The number of ether oxygens (including phenoxy) is 1. The van der Waals surface area contributed by atoms with Crippen molar-refractivity contribution in [1.82, 2.24) is 10.2 Å². The average molecular weight is 269 g/mol. The van der Waals surface area contributed by atoms with Gasteiger partial charge in [0, 0.05) is 30.7 Å². The molecule has 4 heteroatoms. The third-order valence-corrected chi connectivity index (χ3v) is 3.61. The van der Waals surface area contributed by atoms with Gasteiger partial charge in [0.2, 0.25) is 0 Å². The highest BCUT2D eigenvalue weighted by molar-refractivity contribution is 6.30. The summed E-state index contributed by atoms with van der Waals surface area (Å²) in [6.07, 6.45) is 1.06. The SMILES string of the molecule is CCN(CCCOc1ccc(Cl)cc1)C1CNC1. The van der Waals surface area contributed by atoms with Crippen LogP contribution in [0.5, 0.6) is 5.75 Å². The molecular weight excluding hydrogens is 248 g/mol. The zero-order valence-electron chi connectivity index (χ0n) is 10.9. The number of rotatable bonds is 7. The first-order valence-electron chi connectivity index (χ1n) is 6.62. The summed E-state index contributed by atoms with van der Waals surface area (Å²) >= 11 is 5.82. The Morgan fingerprint density at radius 3 is 2.61 bits per heavy atom. The number of nitrogens with zero attached hydrogens (tertiary/aromatic N) is 1. The van der Waals surface area contributed by atoms with E-state index in [1.807, 2.05) is 24.3 Å². The van der Waals surface area contributed by atoms with Gasteiger partial charge in [0.25, 0.3) is 0 Å². The fraction of sp³-hybridized carbons (Fsp3) is 0.571. The van der Waals surface area contributed by atoms with E-state index in [4.69, 9.17) is 16.3 Å². The summed E-state index contributed by atoms with van der Waals surface area (Å²) in [6.45, 7) is 7.47. The van der Waals surface area contributed by atoms with Crippen molar-refractivity contribution in [3.8, 4) is 5.75 Å². The smallest absolute Gasteiger partial charge is 0.119 e. The molecule has 18 heavy (non-hydrogen) atoms. The minimum absolute atomic E-state index is 0.727. The minimum Gasteiger partial charge on any atom is -0.494 e. The minimum atomic E-state index is 0.727. The maximum atomic E-state index is 5.82. The number of halogens is 1. The van der Waals surface area contributed by atoms with Gasteiger partial charge in [-0.05, 0) is 37.2 Å². The molecule has 1 aliphatic heterocycles. The summed E-state index contributed by atoms with van der Waals surface area (Å²) in [5.74, 6) is 0.896. The van der Waals surface area contributed by atoms with Crippen LogP contribution in [0.2, 0.25) is 5.02 Å². The van der Waals surface area contributed by atoms with Gasteiger partial charge in [-0.25, -0.2) is 0 Å². The molecule has 1 aliphatic rings. The lowest BCUT2D eigenvalue weighted by Crippen LogP contribution is -2.57. The van der Waals surface area contributed by atoms with Crippen LogP contribution in [0.3, 0.4) is 0 Å². The third kappa shape index (κ3) is 3.87.